The molecule has 0 saturated heterocycles. The third-order valence-corrected chi connectivity index (χ3v) is 3.95. The van der Waals surface area contributed by atoms with Crippen molar-refractivity contribution in [1.82, 2.24) is 9.97 Å². The highest BCUT2D eigenvalue weighted by Gasteiger charge is 2.13. The second-order valence-electron chi connectivity index (χ2n) is 4.27. The molecule has 0 fully saturated rings. The van der Waals surface area contributed by atoms with Gasteiger partial charge in [-0.3, -0.25) is 9.78 Å². The van der Waals surface area contributed by atoms with Gasteiger partial charge in [0.05, 0.1) is 18.1 Å². The summed E-state index contributed by atoms with van der Waals surface area (Å²) in [5, 5.41) is 5.92. The number of anilines is 2. The van der Waals surface area contributed by atoms with E-state index in [1.807, 2.05) is 18.2 Å². The Hall–Kier alpha value is -1.47. The number of hydrogen-bond acceptors (Lipinski definition) is 4. The van der Waals surface area contributed by atoms with E-state index in [0.717, 1.165) is 21.9 Å². The molecular weight excluding hydrogens is 400 g/mol. The summed E-state index contributed by atoms with van der Waals surface area (Å²) in [4.78, 5) is 20.5. The SMILES string of the molecule is CCCNc1cncc(C(=O)Nc2c(Br)cccc2Br)n1. The molecule has 0 aliphatic carbocycles. The van der Waals surface area contributed by atoms with Gasteiger partial charge in [0, 0.05) is 15.5 Å². The maximum Gasteiger partial charge on any atom is 0.276 e. The molecule has 1 heterocycles. The average molecular weight is 414 g/mol. The van der Waals surface area contributed by atoms with Crippen LogP contribution in [0.15, 0.2) is 39.5 Å². The van der Waals surface area contributed by atoms with Gasteiger partial charge in [0.2, 0.25) is 0 Å². The van der Waals surface area contributed by atoms with Crippen LogP contribution >= 0.6 is 31.9 Å². The summed E-state index contributed by atoms with van der Waals surface area (Å²) >= 11 is 6.81. The summed E-state index contributed by atoms with van der Waals surface area (Å²) in [6, 6.07) is 5.58. The van der Waals surface area contributed by atoms with Crippen LogP contribution in [0, 0.1) is 0 Å². The molecule has 0 spiro atoms. The van der Waals surface area contributed by atoms with Crippen molar-refractivity contribution in [2.24, 2.45) is 0 Å². The quantitative estimate of drug-likeness (QED) is 0.774. The molecule has 0 unspecified atom stereocenters. The Morgan fingerprint density at radius 2 is 1.95 bits per heavy atom. The van der Waals surface area contributed by atoms with Crippen LogP contribution in [0.5, 0.6) is 0 Å². The van der Waals surface area contributed by atoms with Gasteiger partial charge in [-0.2, -0.15) is 0 Å². The van der Waals surface area contributed by atoms with Gasteiger partial charge in [0.25, 0.3) is 5.91 Å². The van der Waals surface area contributed by atoms with Gasteiger partial charge in [-0.05, 0) is 50.4 Å². The van der Waals surface area contributed by atoms with E-state index in [1.165, 1.54) is 6.20 Å². The Kier molecular flexibility index (Phi) is 5.69. The predicted molar refractivity (Wildman–Crippen MR) is 90.6 cm³/mol. The topological polar surface area (TPSA) is 66.9 Å². The number of nitrogens with zero attached hydrogens (tertiary/aromatic N) is 2. The molecule has 1 aromatic heterocycles. The molecule has 0 radical (unpaired) electrons. The van der Waals surface area contributed by atoms with Crippen molar-refractivity contribution in [2.75, 3.05) is 17.2 Å². The molecule has 1 amide bonds. The minimum atomic E-state index is -0.310. The van der Waals surface area contributed by atoms with Crippen LogP contribution in [-0.2, 0) is 0 Å². The molecule has 7 heteroatoms. The van der Waals surface area contributed by atoms with E-state index in [2.05, 4.69) is 59.4 Å². The van der Waals surface area contributed by atoms with E-state index < -0.39 is 0 Å². The third kappa shape index (κ3) is 4.25. The maximum absolute atomic E-state index is 12.3. The van der Waals surface area contributed by atoms with Crippen LogP contribution in [0.4, 0.5) is 11.5 Å². The molecular formula is C14H14Br2N4O. The number of rotatable bonds is 5. The minimum absolute atomic E-state index is 0.263. The summed E-state index contributed by atoms with van der Waals surface area (Å²) in [6.45, 7) is 2.84. The third-order valence-electron chi connectivity index (χ3n) is 2.62. The van der Waals surface area contributed by atoms with Crippen LogP contribution in [0.25, 0.3) is 0 Å². The van der Waals surface area contributed by atoms with Gasteiger partial charge in [-0.15, -0.1) is 0 Å². The fourth-order valence-electron chi connectivity index (χ4n) is 1.61. The van der Waals surface area contributed by atoms with Crippen LogP contribution in [0.2, 0.25) is 0 Å². The van der Waals surface area contributed by atoms with E-state index in [0.29, 0.717) is 11.5 Å². The lowest BCUT2D eigenvalue weighted by molar-refractivity contribution is 0.102. The van der Waals surface area contributed by atoms with Gasteiger partial charge in [-0.1, -0.05) is 13.0 Å². The van der Waals surface area contributed by atoms with Gasteiger partial charge >= 0.3 is 0 Å². The lowest BCUT2D eigenvalue weighted by Crippen LogP contribution is -2.16. The fourth-order valence-corrected chi connectivity index (χ4v) is 2.81. The molecule has 2 aromatic rings. The van der Waals surface area contributed by atoms with Crippen molar-refractivity contribution in [3.63, 3.8) is 0 Å². The van der Waals surface area contributed by atoms with Crippen molar-refractivity contribution in [2.45, 2.75) is 13.3 Å². The normalized spacial score (nSPS) is 10.2. The summed E-state index contributed by atoms with van der Waals surface area (Å²) in [7, 11) is 0. The van der Waals surface area contributed by atoms with Crippen LogP contribution in [0.1, 0.15) is 23.8 Å². The summed E-state index contributed by atoms with van der Waals surface area (Å²) < 4.78 is 1.58. The second-order valence-corrected chi connectivity index (χ2v) is 5.98. The zero-order valence-corrected chi connectivity index (χ0v) is 14.5. The van der Waals surface area contributed by atoms with Crippen LogP contribution < -0.4 is 10.6 Å². The lowest BCUT2D eigenvalue weighted by atomic mass is 10.3. The van der Waals surface area contributed by atoms with Crippen molar-refractivity contribution < 1.29 is 4.79 Å². The molecule has 0 aliphatic rings. The van der Waals surface area contributed by atoms with Crippen LogP contribution in [0.3, 0.4) is 0 Å². The van der Waals surface area contributed by atoms with E-state index >= 15 is 0 Å². The number of nitrogens with one attached hydrogen (secondary N) is 2. The molecule has 5 nitrogen and oxygen atoms in total. The molecule has 2 N–H and O–H groups in total. The standard InChI is InChI=1S/C14H14Br2N4O/c1-2-6-18-12-8-17-7-11(19-12)14(21)20-13-9(15)4-3-5-10(13)16/h3-5,7-8H,2,6H2,1H3,(H,18,19)(H,20,21). The van der Waals surface area contributed by atoms with Gasteiger partial charge in [-0.25, -0.2) is 4.98 Å². The maximum atomic E-state index is 12.3. The van der Waals surface area contributed by atoms with Crippen molar-refractivity contribution in [1.29, 1.82) is 0 Å². The van der Waals surface area contributed by atoms with Crippen LogP contribution in [-0.4, -0.2) is 22.4 Å². The first-order valence-corrected chi connectivity index (χ1v) is 8.01. The molecule has 21 heavy (non-hydrogen) atoms. The number of amides is 1. The van der Waals surface area contributed by atoms with Crippen molar-refractivity contribution in [3.8, 4) is 0 Å². The molecule has 0 aliphatic heterocycles. The number of aromatic nitrogens is 2. The lowest BCUT2D eigenvalue weighted by Gasteiger charge is -2.10. The molecule has 2 rings (SSSR count). The number of carbonyl (C=O) groups is 1. The molecule has 110 valence electrons. The largest absolute Gasteiger partial charge is 0.369 e. The number of para-hydroxylation sites is 1. The Balaban J connectivity index is 2.17. The van der Waals surface area contributed by atoms with E-state index in [-0.39, 0.29) is 11.6 Å². The van der Waals surface area contributed by atoms with E-state index in [1.54, 1.807) is 6.20 Å². The zero-order valence-electron chi connectivity index (χ0n) is 11.4. The first kappa shape index (κ1) is 15.9. The Labute approximate surface area is 139 Å². The Morgan fingerprint density at radius 3 is 2.62 bits per heavy atom. The summed E-state index contributed by atoms with van der Waals surface area (Å²) in [5.74, 6) is 0.283. The van der Waals surface area contributed by atoms with Crippen molar-refractivity contribution >= 4 is 49.3 Å². The number of hydrogen-bond donors (Lipinski definition) is 2. The van der Waals surface area contributed by atoms with Crippen molar-refractivity contribution in [3.05, 3.63) is 45.2 Å². The number of benzene rings is 1. The van der Waals surface area contributed by atoms with E-state index in [4.69, 9.17) is 0 Å². The predicted octanol–water partition coefficient (Wildman–Crippen LogP) is 4.08. The monoisotopic (exact) mass is 412 g/mol. The highest BCUT2D eigenvalue weighted by Crippen LogP contribution is 2.30. The second kappa shape index (κ2) is 7.51. The number of carbonyl (C=O) groups excluding carboxylic acids is 1. The molecule has 0 bridgehead atoms. The molecule has 1 aromatic carbocycles. The Bertz CT molecular complexity index is 628. The fraction of sp³-hybridized carbons (Fsp3) is 0.214. The smallest absolute Gasteiger partial charge is 0.276 e. The minimum Gasteiger partial charge on any atom is -0.369 e. The summed E-state index contributed by atoms with van der Waals surface area (Å²) in [6.07, 6.45) is 4.01. The first-order chi connectivity index (χ1) is 10.1. The molecule has 0 saturated carbocycles. The van der Waals surface area contributed by atoms with Gasteiger partial charge in [0.1, 0.15) is 11.5 Å². The highest BCUT2D eigenvalue weighted by atomic mass is 79.9. The number of halogens is 2. The van der Waals surface area contributed by atoms with E-state index in [9.17, 15) is 4.79 Å². The zero-order chi connectivity index (χ0) is 15.2. The highest BCUT2D eigenvalue weighted by molar-refractivity contribution is 9.11. The Morgan fingerprint density at radius 1 is 1.24 bits per heavy atom. The summed E-state index contributed by atoms with van der Waals surface area (Å²) in [5.41, 5.74) is 0.926. The first-order valence-electron chi connectivity index (χ1n) is 6.43. The average Bonchev–Trinajstić information content (AvgIpc) is 2.49. The van der Waals surface area contributed by atoms with Gasteiger partial charge in [0.15, 0.2) is 0 Å². The molecule has 0 atom stereocenters. The van der Waals surface area contributed by atoms with Gasteiger partial charge < -0.3 is 10.6 Å².